The molecule has 6 nitrogen and oxygen atoms in total. The molecule has 32 heavy (non-hydrogen) atoms. The summed E-state index contributed by atoms with van der Waals surface area (Å²) in [5.74, 6) is -2.08. The van der Waals surface area contributed by atoms with Crippen LogP contribution in [0.5, 0.6) is 0 Å². The summed E-state index contributed by atoms with van der Waals surface area (Å²) >= 11 is 0. The van der Waals surface area contributed by atoms with Gasteiger partial charge < -0.3 is 10.3 Å². The summed E-state index contributed by atoms with van der Waals surface area (Å²) in [4.78, 5) is 12.2. The average molecular weight is 455 g/mol. The minimum absolute atomic E-state index is 0.177. The van der Waals surface area contributed by atoms with Crippen LogP contribution in [-0.2, 0) is 10.0 Å². The van der Waals surface area contributed by atoms with E-state index >= 15 is 0 Å². The SMILES string of the molecule is CN(c1ccc2cc(C(N)=O)n(-c3cccc(-c4ccc(F)cc4F)c3)c2c1)S(C)(=O)=O. The number of rotatable bonds is 5. The molecule has 0 unspecified atom stereocenters. The average Bonchev–Trinajstić information content (AvgIpc) is 3.11. The van der Waals surface area contributed by atoms with Crippen molar-refractivity contribution in [1.29, 1.82) is 0 Å². The number of hydrogen-bond donors (Lipinski definition) is 1. The third-order valence-corrected chi connectivity index (χ3v) is 6.45. The molecule has 1 amide bonds. The Labute approximate surface area is 183 Å². The Balaban J connectivity index is 1.95. The van der Waals surface area contributed by atoms with Crippen LogP contribution in [0, 0.1) is 11.6 Å². The second kappa shape index (κ2) is 7.76. The molecule has 0 aliphatic heterocycles. The molecule has 0 saturated carbocycles. The van der Waals surface area contributed by atoms with Crippen molar-refractivity contribution in [3.05, 3.63) is 84.1 Å². The fourth-order valence-corrected chi connectivity index (χ4v) is 4.07. The number of nitrogens with two attached hydrogens (primary N) is 1. The molecule has 4 aromatic rings. The minimum atomic E-state index is -3.50. The Bertz CT molecular complexity index is 1480. The zero-order valence-corrected chi connectivity index (χ0v) is 18.0. The van der Waals surface area contributed by atoms with Gasteiger partial charge in [-0.1, -0.05) is 18.2 Å². The summed E-state index contributed by atoms with van der Waals surface area (Å²) in [5.41, 5.74) is 7.91. The zero-order chi connectivity index (χ0) is 23.2. The molecule has 0 spiro atoms. The first kappa shape index (κ1) is 21.5. The molecule has 0 atom stereocenters. The second-order valence-electron chi connectivity index (χ2n) is 7.38. The Hall–Kier alpha value is -3.72. The Morgan fingerprint density at radius 1 is 1.00 bits per heavy atom. The first-order chi connectivity index (χ1) is 15.1. The van der Waals surface area contributed by atoms with Crippen molar-refractivity contribution < 1.29 is 22.0 Å². The van der Waals surface area contributed by atoms with E-state index in [1.54, 1.807) is 53.1 Å². The third-order valence-electron chi connectivity index (χ3n) is 5.25. The van der Waals surface area contributed by atoms with Gasteiger partial charge in [0, 0.05) is 29.8 Å². The Kier molecular flexibility index (Phi) is 5.21. The number of amides is 1. The molecule has 0 saturated heterocycles. The molecule has 1 aromatic heterocycles. The lowest BCUT2D eigenvalue weighted by Crippen LogP contribution is -2.24. The van der Waals surface area contributed by atoms with Gasteiger partial charge in [-0.2, -0.15) is 0 Å². The first-order valence-corrected chi connectivity index (χ1v) is 11.4. The van der Waals surface area contributed by atoms with Crippen LogP contribution in [0.1, 0.15) is 10.5 Å². The molecule has 1 heterocycles. The monoisotopic (exact) mass is 455 g/mol. The maximum Gasteiger partial charge on any atom is 0.265 e. The number of aromatic nitrogens is 1. The van der Waals surface area contributed by atoms with E-state index in [2.05, 4.69) is 0 Å². The van der Waals surface area contributed by atoms with Gasteiger partial charge in [0.25, 0.3) is 5.91 Å². The topological polar surface area (TPSA) is 85.4 Å². The summed E-state index contributed by atoms with van der Waals surface area (Å²) in [7, 11) is -2.08. The van der Waals surface area contributed by atoms with Crippen LogP contribution >= 0.6 is 0 Å². The maximum absolute atomic E-state index is 14.3. The molecule has 164 valence electrons. The number of anilines is 1. The fourth-order valence-electron chi connectivity index (χ4n) is 3.57. The standard InChI is InChI=1S/C23H19F2N3O3S/c1-27(32(2,30)31)17-8-6-15-11-22(23(26)29)28(21(15)13-17)18-5-3-4-14(10-18)19-9-7-16(24)12-20(19)25/h3-13H,1-2H3,(H2,26,29). The van der Waals surface area contributed by atoms with E-state index in [0.717, 1.165) is 22.7 Å². The number of nitrogens with zero attached hydrogens (tertiary/aromatic N) is 2. The predicted molar refractivity (Wildman–Crippen MR) is 120 cm³/mol. The highest BCUT2D eigenvalue weighted by atomic mass is 32.2. The summed E-state index contributed by atoms with van der Waals surface area (Å²) < 4.78 is 54.3. The van der Waals surface area contributed by atoms with Crippen LogP contribution in [0.3, 0.4) is 0 Å². The lowest BCUT2D eigenvalue weighted by atomic mass is 10.0. The van der Waals surface area contributed by atoms with Crippen LogP contribution in [0.2, 0.25) is 0 Å². The lowest BCUT2D eigenvalue weighted by Gasteiger charge is -2.17. The normalized spacial score (nSPS) is 11.6. The number of primary amides is 1. The molecule has 0 fully saturated rings. The van der Waals surface area contributed by atoms with Gasteiger partial charge in [-0.25, -0.2) is 17.2 Å². The van der Waals surface area contributed by atoms with Crippen LogP contribution < -0.4 is 10.0 Å². The zero-order valence-electron chi connectivity index (χ0n) is 17.2. The van der Waals surface area contributed by atoms with Gasteiger partial charge >= 0.3 is 0 Å². The van der Waals surface area contributed by atoms with E-state index in [9.17, 15) is 22.0 Å². The predicted octanol–water partition coefficient (Wildman–Crippen LogP) is 4.07. The molecular formula is C23H19F2N3O3S. The highest BCUT2D eigenvalue weighted by Gasteiger charge is 2.19. The van der Waals surface area contributed by atoms with Crippen molar-refractivity contribution in [2.45, 2.75) is 0 Å². The van der Waals surface area contributed by atoms with Crippen LogP contribution in [0.25, 0.3) is 27.7 Å². The highest BCUT2D eigenvalue weighted by molar-refractivity contribution is 7.92. The molecule has 9 heteroatoms. The maximum atomic E-state index is 14.3. The number of benzene rings is 3. The van der Waals surface area contributed by atoms with E-state index in [1.165, 1.54) is 13.1 Å². The molecule has 0 bridgehead atoms. The van der Waals surface area contributed by atoms with Crippen molar-refractivity contribution in [3.63, 3.8) is 0 Å². The number of hydrogen-bond acceptors (Lipinski definition) is 3. The van der Waals surface area contributed by atoms with Crippen molar-refractivity contribution in [1.82, 2.24) is 4.57 Å². The van der Waals surface area contributed by atoms with Crippen molar-refractivity contribution >= 4 is 32.5 Å². The summed E-state index contributed by atoms with van der Waals surface area (Å²) in [6.07, 6.45) is 1.09. The summed E-state index contributed by atoms with van der Waals surface area (Å²) in [6.45, 7) is 0. The molecule has 0 aliphatic carbocycles. The van der Waals surface area contributed by atoms with Gasteiger partial charge in [0.05, 0.1) is 17.5 Å². The fraction of sp³-hybridized carbons (Fsp3) is 0.0870. The van der Waals surface area contributed by atoms with Crippen molar-refractivity contribution in [2.24, 2.45) is 5.73 Å². The van der Waals surface area contributed by atoms with Gasteiger partial charge in [-0.05, 0) is 48.0 Å². The lowest BCUT2D eigenvalue weighted by molar-refractivity contribution is 0.0994. The molecule has 0 radical (unpaired) electrons. The number of carbonyl (C=O) groups excluding carboxylic acids is 1. The summed E-state index contributed by atoms with van der Waals surface area (Å²) in [5, 5.41) is 0.669. The van der Waals surface area contributed by atoms with Crippen LogP contribution in [0.4, 0.5) is 14.5 Å². The number of sulfonamides is 1. The van der Waals surface area contributed by atoms with E-state index in [4.69, 9.17) is 5.73 Å². The summed E-state index contributed by atoms with van der Waals surface area (Å²) in [6, 6.07) is 16.6. The van der Waals surface area contributed by atoms with E-state index in [1.807, 2.05) is 0 Å². The Morgan fingerprint density at radius 3 is 2.41 bits per heavy atom. The molecule has 0 aliphatic rings. The quantitative estimate of drug-likeness (QED) is 0.492. The van der Waals surface area contributed by atoms with E-state index in [-0.39, 0.29) is 11.3 Å². The molecule has 2 N–H and O–H groups in total. The minimum Gasteiger partial charge on any atom is -0.364 e. The van der Waals surface area contributed by atoms with Gasteiger partial charge in [0.15, 0.2) is 0 Å². The largest absolute Gasteiger partial charge is 0.364 e. The third kappa shape index (κ3) is 3.82. The molecule has 4 rings (SSSR count). The van der Waals surface area contributed by atoms with Gasteiger partial charge in [-0.15, -0.1) is 0 Å². The number of halogens is 2. The van der Waals surface area contributed by atoms with E-state index < -0.39 is 27.6 Å². The molecule has 3 aromatic carbocycles. The van der Waals surface area contributed by atoms with Crippen molar-refractivity contribution in [2.75, 3.05) is 17.6 Å². The van der Waals surface area contributed by atoms with Crippen molar-refractivity contribution in [3.8, 4) is 16.8 Å². The smallest absolute Gasteiger partial charge is 0.265 e. The molecular weight excluding hydrogens is 436 g/mol. The van der Waals surface area contributed by atoms with Gasteiger partial charge in [0.2, 0.25) is 10.0 Å². The van der Waals surface area contributed by atoms with Gasteiger partial charge in [0.1, 0.15) is 17.3 Å². The van der Waals surface area contributed by atoms with Crippen LogP contribution in [0.15, 0.2) is 66.7 Å². The first-order valence-electron chi connectivity index (χ1n) is 9.51. The second-order valence-corrected chi connectivity index (χ2v) is 9.39. The van der Waals surface area contributed by atoms with Crippen LogP contribution in [-0.4, -0.2) is 32.2 Å². The number of carbonyl (C=O) groups is 1. The Morgan fingerprint density at radius 2 is 1.75 bits per heavy atom. The van der Waals surface area contributed by atoms with Gasteiger partial charge in [-0.3, -0.25) is 9.10 Å². The number of fused-ring (bicyclic) bond motifs is 1. The van der Waals surface area contributed by atoms with E-state index in [0.29, 0.717) is 27.8 Å². The highest BCUT2D eigenvalue weighted by Crippen LogP contribution is 2.31.